The van der Waals surface area contributed by atoms with Crippen LogP contribution in [0, 0.1) is 20.8 Å². The fraction of sp³-hybridized carbons (Fsp3) is 0.500. The van der Waals surface area contributed by atoms with Crippen LogP contribution in [0.3, 0.4) is 0 Å². The highest BCUT2D eigenvalue weighted by Crippen LogP contribution is 2.31. The Kier molecular flexibility index (Phi) is 5.34. The van der Waals surface area contributed by atoms with Crippen molar-refractivity contribution in [2.45, 2.75) is 65.6 Å². The van der Waals surface area contributed by atoms with Gasteiger partial charge in [-0.25, -0.2) is 9.97 Å². The van der Waals surface area contributed by atoms with Gasteiger partial charge in [-0.3, -0.25) is 9.88 Å². The first kappa shape index (κ1) is 19.3. The van der Waals surface area contributed by atoms with Crippen LogP contribution in [-0.4, -0.2) is 38.5 Å². The Morgan fingerprint density at radius 2 is 1.86 bits per heavy atom. The molecule has 148 valence electrons. The highest BCUT2D eigenvalue weighted by atomic mass is 32.1. The van der Waals surface area contributed by atoms with E-state index in [0.29, 0.717) is 6.04 Å². The van der Waals surface area contributed by atoms with Gasteiger partial charge >= 0.3 is 0 Å². The van der Waals surface area contributed by atoms with Crippen LogP contribution in [0.5, 0.6) is 5.75 Å². The summed E-state index contributed by atoms with van der Waals surface area (Å²) in [6, 6.07) is 9.08. The molecule has 0 spiro atoms. The van der Waals surface area contributed by atoms with Crippen molar-refractivity contribution in [1.82, 2.24) is 19.9 Å². The molecule has 0 bridgehead atoms. The molecule has 1 aliphatic heterocycles. The third-order valence-corrected chi connectivity index (χ3v) is 6.47. The molecule has 1 fully saturated rings. The molecule has 4 heterocycles. The fourth-order valence-electron chi connectivity index (χ4n) is 4.23. The Morgan fingerprint density at radius 1 is 1.11 bits per heavy atom. The summed E-state index contributed by atoms with van der Waals surface area (Å²) in [5, 5.41) is 1.07. The monoisotopic (exact) mass is 396 g/mol. The summed E-state index contributed by atoms with van der Waals surface area (Å²) in [6.07, 6.45) is 2.28. The highest BCUT2D eigenvalue weighted by Gasteiger charge is 2.31. The van der Waals surface area contributed by atoms with Crippen molar-refractivity contribution in [2.75, 3.05) is 6.54 Å². The molecule has 0 unspecified atom stereocenters. The number of hydrogen-bond acceptors (Lipinski definition) is 6. The number of aryl methyl sites for hydroxylation is 3. The molecule has 5 nitrogen and oxygen atoms in total. The summed E-state index contributed by atoms with van der Waals surface area (Å²) < 4.78 is 7.45. The molecular formula is C22H28N4OS. The third kappa shape index (κ3) is 4.03. The van der Waals surface area contributed by atoms with Gasteiger partial charge in [0.1, 0.15) is 11.9 Å². The van der Waals surface area contributed by atoms with E-state index in [1.807, 2.05) is 32.9 Å². The minimum Gasteiger partial charge on any atom is -0.490 e. The van der Waals surface area contributed by atoms with Gasteiger partial charge in [-0.15, -0.1) is 11.3 Å². The van der Waals surface area contributed by atoms with Gasteiger partial charge in [0.25, 0.3) is 0 Å². The molecule has 3 aromatic rings. The number of thiazole rings is 1. The van der Waals surface area contributed by atoms with E-state index in [4.69, 9.17) is 9.72 Å². The van der Waals surface area contributed by atoms with E-state index in [1.165, 1.54) is 0 Å². The van der Waals surface area contributed by atoms with Crippen molar-refractivity contribution in [3.05, 3.63) is 46.4 Å². The van der Waals surface area contributed by atoms with Crippen molar-refractivity contribution in [2.24, 2.45) is 0 Å². The number of nitrogens with zero attached hydrogens (tertiary/aromatic N) is 4. The van der Waals surface area contributed by atoms with E-state index in [0.717, 1.165) is 57.6 Å². The van der Waals surface area contributed by atoms with Gasteiger partial charge in [-0.1, -0.05) is 0 Å². The molecule has 0 saturated carbocycles. The zero-order chi connectivity index (χ0) is 19.8. The summed E-state index contributed by atoms with van der Waals surface area (Å²) in [5.74, 6) is 0.940. The zero-order valence-electron chi connectivity index (χ0n) is 17.3. The molecule has 0 aromatic carbocycles. The quantitative estimate of drug-likeness (QED) is 0.621. The van der Waals surface area contributed by atoms with Crippen LogP contribution in [0.25, 0.3) is 10.3 Å². The van der Waals surface area contributed by atoms with Crippen molar-refractivity contribution in [1.29, 1.82) is 0 Å². The van der Waals surface area contributed by atoms with Crippen LogP contribution < -0.4 is 4.74 Å². The molecule has 3 aromatic heterocycles. The Hall–Kier alpha value is -2.05. The summed E-state index contributed by atoms with van der Waals surface area (Å²) in [4.78, 5) is 16.4. The Labute approximate surface area is 170 Å². The average Bonchev–Trinajstić information content (AvgIpc) is 2.99. The van der Waals surface area contributed by atoms with Crippen LogP contribution in [0.4, 0.5) is 0 Å². The minimum atomic E-state index is 0.247. The fourth-order valence-corrected chi connectivity index (χ4v) is 5.00. The molecule has 0 amide bonds. The van der Waals surface area contributed by atoms with Gasteiger partial charge in [-0.05, 0) is 59.6 Å². The Balaban J connectivity index is 1.44. The number of ether oxygens (including phenoxy) is 1. The number of aromatic nitrogens is 3. The largest absolute Gasteiger partial charge is 0.490 e. The Morgan fingerprint density at radius 3 is 2.57 bits per heavy atom. The Bertz CT molecular complexity index is 966. The van der Waals surface area contributed by atoms with Crippen molar-refractivity contribution in [3.63, 3.8) is 0 Å². The van der Waals surface area contributed by atoms with E-state index in [-0.39, 0.29) is 12.1 Å². The zero-order valence-corrected chi connectivity index (χ0v) is 18.1. The molecule has 6 heteroatoms. The maximum atomic E-state index is 6.29. The predicted octanol–water partition coefficient (Wildman–Crippen LogP) is 5.00. The second-order valence-electron chi connectivity index (χ2n) is 7.90. The number of fused-ring (bicyclic) bond motifs is 1. The van der Waals surface area contributed by atoms with Crippen molar-refractivity contribution < 1.29 is 4.74 Å². The van der Waals surface area contributed by atoms with E-state index in [1.54, 1.807) is 11.3 Å². The number of likely N-dealkylation sites (tertiary alicyclic amines) is 1. The van der Waals surface area contributed by atoms with Gasteiger partial charge in [0.15, 0.2) is 5.65 Å². The maximum Gasteiger partial charge on any atom is 0.170 e. The second kappa shape index (κ2) is 7.76. The first-order valence-corrected chi connectivity index (χ1v) is 10.8. The van der Waals surface area contributed by atoms with Crippen LogP contribution in [0.2, 0.25) is 0 Å². The molecule has 0 aliphatic carbocycles. The van der Waals surface area contributed by atoms with E-state index in [2.05, 4.69) is 40.8 Å². The third-order valence-electron chi connectivity index (χ3n) is 5.54. The number of rotatable bonds is 4. The number of piperidine rings is 1. The van der Waals surface area contributed by atoms with Crippen molar-refractivity contribution >= 4 is 21.7 Å². The normalized spacial score (nSPS) is 21.8. The number of hydrogen-bond donors (Lipinski definition) is 0. The summed E-state index contributed by atoms with van der Waals surface area (Å²) in [5.41, 5.74) is 3.99. The summed E-state index contributed by atoms with van der Waals surface area (Å²) in [7, 11) is 0. The summed E-state index contributed by atoms with van der Waals surface area (Å²) in [6.45, 7) is 11.6. The van der Waals surface area contributed by atoms with Gasteiger partial charge in [0.05, 0.1) is 15.4 Å². The molecule has 1 saturated heterocycles. The SMILES string of the molecule is Cc1cc(O[C@H]2CCN([C@H](C)c3ccc4sc(C)nc4n3)[C@@H](C)C2)cc(C)n1. The molecule has 0 N–H and O–H groups in total. The van der Waals surface area contributed by atoms with Gasteiger partial charge in [0, 0.05) is 42.1 Å². The van der Waals surface area contributed by atoms with Gasteiger partial charge < -0.3 is 4.74 Å². The van der Waals surface area contributed by atoms with E-state index >= 15 is 0 Å². The predicted molar refractivity (Wildman–Crippen MR) is 114 cm³/mol. The highest BCUT2D eigenvalue weighted by molar-refractivity contribution is 7.18. The lowest BCUT2D eigenvalue weighted by Gasteiger charge is -2.41. The first-order valence-electron chi connectivity index (χ1n) is 10.0. The van der Waals surface area contributed by atoms with Crippen molar-refractivity contribution in [3.8, 4) is 5.75 Å². The molecule has 28 heavy (non-hydrogen) atoms. The molecule has 0 radical (unpaired) electrons. The van der Waals surface area contributed by atoms with Crippen LogP contribution >= 0.6 is 11.3 Å². The van der Waals surface area contributed by atoms with E-state index < -0.39 is 0 Å². The summed E-state index contributed by atoms with van der Waals surface area (Å²) >= 11 is 1.70. The van der Waals surface area contributed by atoms with Crippen LogP contribution in [0.1, 0.15) is 54.8 Å². The lowest BCUT2D eigenvalue weighted by Crippen LogP contribution is -2.45. The average molecular weight is 397 g/mol. The topological polar surface area (TPSA) is 51.1 Å². The molecule has 1 aliphatic rings. The molecule has 3 atom stereocenters. The van der Waals surface area contributed by atoms with Gasteiger partial charge in [0.2, 0.25) is 0 Å². The van der Waals surface area contributed by atoms with E-state index in [9.17, 15) is 0 Å². The van der Waals surface area contributed by atoms with Crippen LogP contribution in [0.15, 0.2) is 24.3 Å². The second-order valence-corrected chi connectivity index (χ2v) is 9.14. The maximum absolute atomic E-state index is 6.29. The smallest absolute Gasteiger partial charge is 0.170 e. The first-order chi connectivity index (χ1) is 13.4. The lowest BCUT2D eigenvalue weighted by molar-refractivity contribution is 0.0389. The van der Waals surface area contributed by atoms with Crippen LogP contribution in [-0.2, 0) is 0 Å². The number of pyridine rings is 2. The molecular weight excluding hydrogens is 368 g/mol. The minimum absolute atomic E-state index is 0.247. The van der Waals surface area contributed by atoms with Gasteiger partial charge in [-0.2, -0.15) is 0 Å². The molecule has 4 rings (SSSR count). The lowest BCUT2D eigenvalue weighted by atomic mass is 9.97. The standard InChI is InChI=1S/C22H28N4OS/c1-13-10-19(11-14(2)23-13)27-18-8-9-26(15(3)12-18)16(4)20-6-7-21-22(25-20)24-17(5)28-21/h6-7,10-11,15-16,18H,8-9,12H2,1-5H3/t15-,16+,18-/m0/s1.